The Morgan fingerprint density at radius 2 is 0.655 bits per heavy atom. The van der Waals surface area contributed by atoms with Gasteiger partial charge in [0.15, 0.2) is 11.6 Å². The van der Waals surface area contributed by atoms with Gasteiger partial charge in [-0.25, -0.2) is 0 Å². The van der Waals surface area contributed by atoms with Crippen molar-refractivity contribution < 1.29 is 57.3 Å². The van der Waals surface area contributed by atoms with E-state index in [-0.39, 0.29) is 95.1 Å². The van der Waals surface area contributed by atoms with Crippen LogP contribution in [0.2, 0.25) is 0 Å². The minimum atomic E-state index is -0.450. The standard InChI is InChI=1S/C32H52O3.C32H54O2.C24H38O2.C23H36O2.C22H32O3/c1-17-10-11-32(34-16-17)22(6)27-25(35-32)14-24-23-13-19(3)29(7)15-18(2)12-20(4)31(29,9)26(23)21(5)28(33)30(24,27)8;1-18-10-11-32(33-17-18)23(6)28-26(34-32)14-25-24-13-21(4)30(8)15-19(2)12-22(5)31(30,9)27(24)20(3)16-29(25,28)7;1-14-11-17-18-8-9-21(3,4)23(18,6)13-19(26)20(17)24(7)15(2)10-16(25)12-22(14,24)5;1-13-11-21(4)18(7-8-19(21)25)17-10-14(2)22(5)12-16(24)9-15(3)23(22,6)20(13)17;1-12-9-15-16-6-7-18(25)20(16,3)11-17(24)19(15)22(5)13(2)8-14(23)10-21(12,22)4/h17-27H,10-16H2,1-9H3;18-28H,10-17H2,1-9H3;14-15,17-18,20H,8-13H2,1-7H3;13-15,17-18,20H,7-12H2,1-6H3;12-13,15-16,19H,6-11H2,1-5H3. The average Bonchev–Trinajstić information content (AvgIpc) is 1.48. The van der Waals surface area contributed by atoms with E-state index >= 15 is 0 Å². The van der Waals surface area contributed by atoms with Crippen molar-refractivity contribution in [1.82, 2.24) is 0 Å². The molecule has 20 saturated carbocycles. The first-order valence-electron chi connectivity index (χ1n) is 62.0. The Kier molecular flexibility index (Phi) is 26.6. The number of hydrogen-bond donors (Lipinski definition) is 0. The van der Waals surface area contributed by atoms with Gasteiger partial charge in [0.2, 0.25) is 0 Å². The van der Waals surface area contributed by atoms with Gasteiger partial charge in [-0.2, -0.15) is 0 Å². The molecule has 12 nitrogen and oxygen atoms in total. The smallest absolute Gasteiger partial charge is 0.171 e. The zero-order chi connectivity index (χ0) is 106. The summed E-state index contributed by atoms with van der Waals surface area (Å²) in [6.07, 6.45) is 32.9. The number of hydrogen-bond acceptors (Lipinski definition) is 12. The number of rotatable bonds is 0. The molecule has 2 spiro atoms. The lowest BCUT2D eigenvalue weighted by Gasteiger charge is -2.71. The number of carbonyl (C=O) groups excluding carboxylic acids is 8. The molecule has 0 radical (unpaired) electrons. The number of fused-ring (bicyclic) bond motifs is 29. The van der Waals surface area contributed by atoms with Gasteiger partial charge in [0.25, 0.3) is 0 Å². The van der Waals surface area contributed by atoms with Crippen LogP contribution in [0.3, 0.4) is 0 Å². The van der Waals surface area contributed by atoms with Crippen molar-refractivity contribution in [3.05, 3.63) is 0 Å². The Labute approximate surface area is 883 Å². The Hall–Kier alpha value is -2.80. The number of ether oxygens (including phenoxy) is 4. The largest absolute Gasteiger partial charge is 0.349 e. The van der Waals surface area contributed by atoms with E-state index in [9.17, 15) is 38.4 Å². The van der Waals surface area contributed by atoms with E-state index in [0.29, 0.717) is 255 Å². The van der Waals surface area contributed by atoms with Crippen LogP contribution in [-0.4, -0.2) is 83.3 Å². The molecule has 20 aliphatic carbocycles. The van der Waals surface area contributed by atoms with Gasteiger partial charge in [-0.3, -0.25) is 38.4 Å². The molecule has 0 N–H and O–H groups in total. The van der Waals surface area contributed by atoms with Gasteiger partial charge in [-0.15, -0.1) is 0 Å². The van der Waals surface area contributed by atoms with Crippen LogP contribution in [0.5, 0.6) is 0 Å². The molecule has 12 heteroatoms. The zero-order valence-electron chi connectivity index (χ0n) is 99.2. The number of Topliss-reactive ketones (excluding diaryl/α,β-unsaturated/α-hetero) is 8. The maximum absolute atomic E-state index is 14.7. The van der Waals surface area contributed by atoms with E-state index in [2.05, 4.69) is 249 Å². The molecule has 0 aromatic carbocycles. The van der Waals surface area contributed by atoms with Crippen LogP contribution in [-0.2, 0) is 57.3 Å². The normalized spacial score (nSPS) is 60.4. The van der Waals surface area contributed by atoms with Crippen molar-refractivity contribution in [2.45, 2.75) is 472 Å². The summed E-state index contributed by atoms with van der Waals surface area (Å²) in [4.78, 5) is 104. The second-order valence-corrected chi connectivity index (χ2v) is 64.6. The molecule has 816 valence electrons. The van der Waals surface area contributed by atoms with Gasteiger partial charge in [0, 0.05) is 129 Å². The monoisotopic (exact) mass is 2000 g/mol. The fraction of sp³-hybridized carbons (Fsp3) is 0.940. The first-order chi connectivity index (χ1) is 67.2. The molecule has 145 heavy (non-hydrogen) atoms. The van der Waals surface area contributed by atoms with Crippen LogP contribution in [0.4, 0.5) is 0 Å². The van der Waals surface area contributed by atoms with Crippen LogP contribution in [0.1, 0.15) is 448 Å². The summed E-state index contributed by atoms with van der Waals surface area (Å²) in [5.41, 5.74) is 1.62. The average molecular weight is 2000 g/mol. The van der Waals surface area contributed by atoms with Crippen LogP contribution >= 0.6 is 0 Å². The Balaban J connectivity index is 0.000000111. The molecule has 55 unspecified atom stereocenters. The highest BCUT2D eigenvalue weighted by atomic mass is 16.7. The number of ketones is 8. The minimum Gasteiger partial charge on any atom is -0.349 e. The molecule has 24 aliphatic rings. The summed E-state index contributed by atoms with van der Waals surface area (Å²) in [5, 5.41) is 0. The summed E-state index contributed by atoms with van der Waals surface area (Å²) in [6, 6.07) is 0. The zero-order valence-corrected chi connectivity index (χ0v) is 99.2. The molecule has 24 fully saturated rings. The fourth-order valence-electron chi connectivity index (χ4n) is 50.1. The molecule has 55 atom stereocenters. The Morgan fingerprint density at radius 3 is 1.12 bits per heavy atom. The van der Waals surface area contributed by atoms with Crippen molar-refractivity contribution in [3.63, 3.8) is 0 Å². The van der Waals surface area contributed by atoms with Gasteiger partial charge in [0.1, 0.15) is 46.3 Å². The van der Waals surface area contributed by atoms with E-state index in [1.807, 2.05) is 0 Å². The molecule has 0 bridgehead atoms. The van der Waals surface area contributed by atoms with Crippen LogP contribution in [0.25, 0.3) is 0 Å². The number of carbonyl (C=O) groups is 8. The summed E-state index contributed by atoms with van der Waals surface area (Å²) >= 11 is 0. The second-order valence-electron chi connectivity index (χ2n) is 64.6. The molecule has 4 aliphatic heterocycles. The summed E-state index contributed by atoms with van der Waals surface area (Å²) in [5.74, 6) is 22.8. The maximum atomic E-state index is 14.7. The molecule has 24 rings (SSSR count). The SMILES string of the molecule is CC1CC2(C)C(=O)CCC2C2CC(C)C3(C)CC(=O)CC(C)C3(C)C12.CC1CC2C3CCC(=O)C3(C)CC(=O)C2C2(C)C(C)CC(=O)CC12C.CC1CC2C3CCC(C)(C)C3(C)CC(=O)C2C2(C)C(C)CC(=O)CC12C.CC1CCC2(OC1)OC1CC3C4CC(C)C5(C)CC(C)CC(C)C5(C)C4C(C)C(=O)C3(C)C1C2C.CC1CCC2(OC1)OC1CC3C4CC(C)C5(C)CC(C)CC(C)C5(C)C4C(C)CC3(C)C1C2C. The predicted octanol–water partition coefficient (Wildman–Crippen LogP) is 30.8. The van der Waals surface area contributed by atoms with Crippen LogP contribution < -0.4 is 0 Å². The third-order valence-corrected chi connectivity index (χ3v) is 59.3. The predicted molar refractivity (Wildman–Crippen MR) is 579 cm³/mol. The summed E-state index contributed by atoms with van der Waals surface area (Å²) in [6.45, 7) is 89.2. The molecule has 0 aromatic heterocycles. The van der Waals surface area contributed by atoms with Crippen LogP contribution in [0.15, 0.2) is 0 Å². The van der Waals surface area contributed by atoms with Gasteiger partial charge < -0.3 is 18.9 Å². The lowest BCUT2D eigenvalue weighted by Crippen LogP contribution is -2.67. The van der Waals surface area contributed by atoms with Crippen molar-refractivity contribution >= 4 is 46.3 Å². The first kappa shape index (κ1) is 109. The Morgan fingerprint density at radius 1 is 0.283 bits per heavy atom. The quantitative estimate of drug-likeness (QED) is 0.225. The van der Waals surface area contributed by atoms with Gasteiger partial charge in [-0.05, 0) is 370 Å². The maximum Gasteiger partial charge on any atom is 0.171 e. The van der Waals surface area contributed by atoms with Crippen molar-refractivity contribution in [3.8, 4) is 0 Å². The molecular weight excluding hydrogens is 1790 g/mol. The van der Waals surface area contributed by atoms with Crippen molar-refractivity contribution in [2.24, 2.45) is 300 Å². The van der Waals surface area contributed by atoms with E-state index in [0.717, 1.165) is 138 Å². The summed E-state index contributed by atoms with van der Waals surface area (Å²) in [7, 11) is 0. The third-order valence-electron chi connectivity index (χ3n) is 59.3. The molecule has 4 heterocycles. The molecular formula is C133H212O12. The van der Waals surface area contributed by atoms with Gasteiger partial charge >= 0.3 is 0 Å². The second kappa shape index (κ2) is 35.4. The fourth-order valence-corrected chi connectivity index (χ4v) is 50.1. The molecule has 0 aromatic rings. The van der Waals surface area contributed by atoms with E-state index in [1.54, 1.807) is 0 Å². The van der Waals surface area contributed by atoms with Gasteiger partial charge in [0.05, 0.1) is 25.4 Å². The minimum absolute atomic E-state index is 0.0273. The highest BCUT2D eigenvalue weighted by Crippen LogP contribution is 2.83. The summed E-state index contributed by atoms with van der Waals surface area (Å²) < 4.78 is 27.0. The van der Waals surface area contributed by atoms with Crippen molar-refractivity contribution in [1.29, 1.82) is 0 Å². The van der Waals surface area contributed by atoms with E-state index in [4.69, 9.17) is 18.9 Å². The lowest BCUT2D eigenvalue weighted by molar-refractivity contribution is -0.275. The lowest BCUT2D eigenvalue weighted by atomic mass is 9.34. The van der Waals surface area contributed by atoms with Crippen molar-refractivity contribution in [2.75, 3.05) is 13.2 Å². The Bertz CT molecular complexity index is 5080. The third kappa shape index (κ3) is 14.4. The topological polar surface area (TPSA) is 173 Å². The highest BCUT2D eigenvalue weighted by molar-refractivity contribution is 5.96. The molecule has 4 saturated heterocycles. The highest BCUT2D eigenvalue weighted by Gasteiger charge is 2.81. The molecule has 0 amide bonds. The first-order valence-corrected chi connectivity index (χ1v) is 62.0. The van der Waals surface area contributed by atoms with E-state index < -0.39 is 11.2 Å². The van der Waals surface area contributed by atoms with Crippen LogP contribution in [0, 0.1) is 300 Å². The van der Waals surface area contributed by atoms with Gasteiger partial charge in [-0.1, -0.05) is 249 Å². The van der Waals surface area contributed by atoms with E-state index in [1.165, 1.54) is 83.5 Å².